The Hall–Kier alpha value is -3.57. The van der Waals surface area contributed by atoms with Gasteiger partial charge < -0.3 is 18.8 Å². The highest BCUT2D eigenvalue weighted by molar-refractivity contribution is 7.10. The molecular weight excluding hydrogens is 426 g/mol. The van der Waals surface area contributed by atoms with Crippen LogP contribution < -0.4 is 19.8 Å². The molecule has 1 aliphatic rings. The lowest BCUT2D eigenvalue weighted by Gasteiger charge is -2.30. The molecule has 7 nitrogen and oxygen atoms in total. The summed E-state index contributed by atoms with van der Waals surface area (Å²) in [5.41, 5.74) is 2.00. The van der Waals surface area contributed by atoms with E-state index in [1.807, 2.05) is 42.6 Å². The maximum atomic E-state index is 13.6. The Kier molecular flexibility index (Phi) is 6.01. The van der Waals surface area contributed by atoms with Crippen LogP contribution in [0.5, 0.6) is 17.2 Å². The Morgan fingerprint density at radius 3 is 2.66 bits per heavy atom. The minimum atomic E-state index is -0.837. The highest BCUT2D eigenvalue weighted by Crippen LogP contribution is 2.42. The lowest BCUT2D eigenvalue weighted by molar-refractivity contribution is 0.354. The smallest absolute Gasteiger partial charge is 0.258 e. The molecule has 1 N–H and O–H groups in total. The molecule has 164 valence electrons. The molecular formula is C24H23N3O4S. The van der Waals surface area contributed by atoms with Crippen molar-refractivity contribution in [2.24, 2.45) is 5.92 Å². The van der Waals surface area contributed by atoms with Crippen molar-refractivity contribution in [1.29, 1.82) is 10.7 Å². The molecule has 0 saturated carbocycles. The molecule has 1 aromatic carbocycles. The zero-order valence-electron chi connectivity index (χ0n) is 18.0. The molecule has 32 heavy (non-hydrogen) atoms. The number of thiophene rings is 1. The molecule has 0 fully saturated rings. The summed E-state index contributed by atoms with van der Waals surface area (Å²) < 4.78 is 18.0. The second-order valence-electron chi connectivity index (χ2n) is 7.53. The molecule has 0 radical (unpaired) electrons. The zero-order valence-corrected chi connectivity index (χ0v) is 18.9. The van der Waals surface area contributed by atoms with Gasteiger partial charge in [-0.2, -0.15) is 5.26 Å². The summed E-state index contributed by atoms with van der Waals surface area (Å²) in [4.78, 5) is 14.5. The van der Waals surface area contributed by atoms with Gasteiger partial charge in [0.05, 0.1) is 31.8 Å². The topological polar surface area (TPSA) is 97.3 Å². The predicted molar refractivity (Wildman–Crippen MR) is 122 cm³/mol. The first-order chi connectivity index (χ1) is 15.5. The van der Waals surface area contributed by atoms with E-state index in [1.165, 1.54) is 11.3 Å². The molecule has 0 bridgehead atoms. The summed E-state index contributed by atoms with van der Waals surface area (Å²) in [5, 5.41) is 19.8. The average molecular weight is 450 g/mol. The third-order valence-electron chi connectivity index (χ3n) is 5.71. The van der Waals surface area contributed by atoms with E-state index in [4.69, 9.17) is 19.6 Å². The van der Waals surface area contributed by atoms with Gasteiger partial charge in [0.25, 0.3) is 5.56 Å². The van der Waals surface area contributed by atoms with Gasteiger partial charge in [0.15, 0.2) is 11.5 Å². The number of aryl methyl sites for hydroxylation is 2. The van der Waals surface area contributed by atoms with Gasteiger partial charge in [-0.05, 0) is 42.5 Å². The van der Waals surface area contributed by atoms with Crippen molar-refractivity contribution < 1.29 is 14.2 Å². The minimum Gasteiger partial charge on any atom is -0.493 e. The van der Waals surface area contributed by atoms with Crippen LogP contribution in [0.25, 0.3) is 0 Å². The van der Waals surface area contributed by atoms with Gasteiger partial charge in [0.2, 0.25) is 5.90 Å². The Balaban J connectivity index is 1.73. The predicted octanol–water partition coefficient (Wildman–Crippen LogP) is 4.12. The number of pyridine rings is 1. The number of ether oxygens (including phenoxy) is 3. The van der Waals surface area contributed by atoms with Crippen molar-refractivity contribution in [1.82, 2.24) is 4.57 Å². The fourth-order valence-electron chi connectivity index (χ4n) is 4.09. The van der Waals surface area contributed by atoms with Gasteiger partial charge in [-0.25, -0.2) is 0 Å². The standard InChI is InChI=1S/C24H23N3O4S/c1-14-11-19-22(21(20-5-4-10-32-20)16(13-25)23(26)31-19)24(28)27(14)9-8-15-6-7-17(29-2)18(12-15)30-3/h4-7,10-12,16,21,26H,8-9H2,1-3H3. The van der Waals surface area contributed by atoms with Crippen LogP contribution in [0.4, 0.5) is 0 Å². The van der Waals surface area contributed by atoms with E-state index >= 15 is 0 Å². The number of nitriles is 1. The lowest BCUT2D eigenvalue weighted by atomic mass is 9.83. The van der Waals surface area contributed by atoms with Crippen LogP contribution in [0.15, 0.2) is 46.6 Å². The molecule has 4 rings (SSSR count). The summed E-state index contributed by atoms with van der Waals surface area (Å²) >= 11 is 1.47. The number of fused-ring (bicyclic) bond motifs is 1. The maximum absolute atomic E-state index is 13.6. The number of methoxy groups -OCH3 is 2. The second-order valence-corrected chi connectivity index (χ2v) is 8.51. The summed E-state index contributed by atoms with van der Waals surface area (Å²) in [7, 11) is 3.18. The number of hydrogen-bond acceptors (Lipinski definition) is 7. The molecule has 2 unspecified atom stereocenters. The van der Waals surface area contributed by atoms with Crippen LogP contribution in [0.1, 0.15) is 27.6 Å². The minimum absolute atomic E-state index is 0.125. The van der Waals surface area contributed by atoms with Gasteiger partial charge >= 0.3 is 0 Å². The van der Waals surface area contributed by atoms with E-state index in [0.717, 1.165) is 16.1 Å². The van der Waals surface area contributed by atoms with Crippen molar-refractivity contribution in [3.63, 3.8) is 0 Å². The summed E-state index contributed by atoms with van der Waals surface area (Å²) in [5.74, 6) is 0.179. The van der Waals surface area contributed by atoms with Gasteiger partial charge in [-0.15, -0.1) is 11.3 Å². The monoisotopic (exact) mass is 449 g/mol. The van der Waals surface area contributed by atoms with E-state index < -0.39 is 11.8 Å². The van der Waals surface area contributed by atoms with Crippen molar-refractivity contribution >= 4 is 17.2 Å². The van der Waals surface area contributed by atoms with Crippen molar-refractivity contribution in [3.8, 4) is 23.3 Å². The first-order valence-corrected chi connectivity index (χ1v) is 11.0. The molecule has 0 amide bonds. The van der Waals surface area contributed by atoms with Crippen molar-refractivity contribution in [3.05, 3.63) is 73.8 Å². The van der Waals surface area contributed by atoms with Gasteiger partial charge in [0.1, 0.15) is 11.7 Å². The molecule has 0 aliphatic carbocycles. The molecule has 8 heteroatoms. The highest BCUT2D eigenvalue weighted by atomic mass is 32.1. The van der Waals surface area contributed by atoms with Crippen LogP contribution in [-0.4, -0.2) is 24.7 Å². The normalized spacial score (nSPS) is 17.2. The molecule has 3 aromatic rings. The van der Waals surface area contributed by atoms with E-state index in [1.54, 1.807) is 24.9 Å². The fraction of sp³-hybridized carbons (Fsp3) is 0.292. The summed E-state index contributed by atoms with van der Waals surface area (Å²) in [6.07, 6.45) is 0.613. The van der Waals surface area contributed by atoms with Crippen LogP contribution >= 0.6 is 11.3 Å². The molecule has 3 heterocycles. The zero-order chi connectivity index (χ0) is 22.8. The van der Waals surface area contributed by atoms with Crippen LogP contribution in [0.2, 0.25) is 0 Å². The van der Waals surface area contributed by atoms with Crippen LogP contribution in [0.3, 0.4) is 0 Å². The number of benzene rings is 1. The Morgan fingerprint density at radius 1 is 1.22 bits per heavy atom. The quantitative estimate of drug-likeness (QED) is 0.611. The van der Waals surface area contributed by atoms with Crippen LogP contribution in [0, 0.1) is 29.6 Å². The molecule has 1 aliphatic heterocycles. The largest absolute Gasteiger partial charge is 0.493 e. The number of nitrogens with one attached hydrogen (secondary N) is 1. The fourth-order valence-corrected chi connectivity index (χ4v) is 4.96. The Morgan fingerprint density at radius 2 is 2.00 bits per heavy atom. The number of aromatic nitrogens is 1. The third kappa shape index (κ3) is 3.76. The summed E-state index contributed by atoms with van der Waals surface area (Å²) in [6.45, 7) is 2.30. The second kappa shape index (κ2) is 8.89. The van der Waals surface area contributed by atoms with Crippen molar-refractivity contribution in [2.75, 3.05) is 14.2 Å². The van der Waals surface area contributed by atoms with E-state index in [2.05, 4.69) is 6.07 Å². The van der Waals surface area contributed by atoms with E-state index in [-0.39, 0.29) is 11.5 Å². The van der Waals surface area contributed by atoms with Gasteiger partial charge in [0, 0.05) is 23.2 Å². The van der Waals surface area contributed by atoms with E-state index in [9.17, 15) is 10.1 Å². The molecule has 2 aromatic heterocycles. The maximum Gasteiger partial charge on any atom is 0.258 e. The average Bonchev–Trinajstić information content (AvgIpc) is 3.32. The summed E-state index contributed by atoms with van der Waals surface area (Å²) in [6, 6.07) is 13.4. The molecule has 2 atom stereocenters. The van der Waals surface area contributed by atoms with Gasteiger partial charge in [-0.1, -0.05) is 12.1 Å². The van der Waals surface area contributed by atoms with Crippen molar-refractivity contribution in [2.45, 2.75) is 25.8 Å². The van der Waals surface area contributed by atoms with Crippen LogP contribution in [-0.2, 0) is 13.0 Å². The SMILES string of the molecule is COc1ccc(CCn2c(C)cc3c(c2=O)C(c2cccs2)C(C#N)C(=N)O3)cc1OC. The Labute approximate surface area is 189 Å². The first-order valence-electron chi connectivity index (χ1n) is 10.1. The number of hydrogen-bond donors (Lipinski definition) is 1. The molecule has 0 saturated heterocycles. The lowest BCUT2D eigenvalue weighted by Crippen LogP contribution is -2.38. The number of rotatable bonds is 6. The third-order valence-corrected chi connectivity index (χ3v) is 6.67. The first kappa shape index (κ1) is 21.7. The van der Waals surface area contributed by atoms with Gasteiger partial charge in [-0.3, -0.25) is 10.2 Å². The highest BCUT2D eigenvalue weighted by Gasteiger charge is 2.40. The van der Waals surface area contributed by atoms with E-state index in [0.29, 0.717) is 35.8 Å². The number of nitrogens with zero attached hydrogens (tertiary/aromatic N) is 2. The molecule has 0 spiro atoms. The Bertz CT molecular complexity index is 1260.